The number of anilines is 1. The summed E-state index contributed by atoms with van der Waals surface area (Å²) in [6.45, 7) is 0. The van der Waals surface area contributed by atoms with Gasteiger partial charge in [0.25, 0.3) is 0 Å². The first kappa shape index (κ1) is 20.2. The van der Waals surface area contributed by atoms with Gasteiger partial charge in [-0.2, -0.15) is 0 Å². The van der Waals surface area contributed by atoms with Gasteiger partial charge in [0, 0.05) is 10.7 Å². The predicted octanol–water partition coefficient (Wildman–Crippen LogP) is 4.98. The van der Waals surface area contributed by atoms with Gasteiger partial charge in [-0.15, -0.1) is 0 Å². The number of carbonyl (C=O) groups is 2. The van der Waals surface area contributed by atoms with E-state index >= 15 is 0 Å². The third-order valence-electron chi connectivity index (χ3n) is 5.40. The van der Waals surface area contributed by atoms with E-state index in [-0.39, 0.29) is 11.5 Å². The summed E-state index contributed by atoms with van der Waals surface area (Å²) in [5.74, 6) is -0.191. The van der Waals surface area contributed by atoms with E-state index in [1.54, 1.807) is 18.2 Å². The van der Waals surface area contributed by atoms with Crippen molar-refractivity contribution in [2.45, 2.75) is 37.5 Å². The average molecular weight is 402 g/mol. The molecule has 0 bridgehead atoms. The molecule has 1 aliphatic rings. The fourth-order valence-corrected chi connectivity index (χ4v) is 4.00. The van der Waals surface area contributed by atoms with Crippen LogP contribution in [0.3, 0.4) is 0 Å². The smallest absolute Gasteiger partial charge is 0.341 e. The van der Waals surface area contributed by atoms with Gasteiger partial charge in [0.1, 0.15) is 11.3 Å². The Kier molecular flexibility index (Phi) is 6.25. The summed E-state index contributed by atoms with van der Waals surface area (Å²) in [5.41, 5.74) is 1.17. The fourth-order valence-electron chi connectivity index (χ4n) is 3.88. The molecular weight excluding hydrogens is 378 g/mol. The Morgan fingerprint density at radius 3 is 2.29 bits per heavy atom. The summed E-state index contributed by atoms with van der Waals surface area (Å²) in [7, 11) is 2.79. The first-order chi connectivity index (χ1) is 13.5. The largest absolute Gasteiger partial charge is 0.496 e. The maximum Gasteiger partial charge on any atom is 0.341 e. The Labute approximate surface area is 170 Å². The van der Waals surface area contributed by atoms with E-state index in [0.717, 1.165) is 37.7 Å². The number of hydrogen-bond acceptors (Lipinski definition) is 4. The van der Waals surface area contributed by atoms with Crippen LogP contribution in [-0.4, -0.2) is 26.1 Å². The third kappa shape index (κ3) is 3.99. The molecule has 0 spiro atoms. The van der Waals surface area contributed by atoms with Crippen molar-refractivity contribution in [2.24, 2.45) is 0 Å². The molecule has 0 saturated heterocycles. The highest BCUT2D eigenvalue weighted by Gasteiger charge is 2.41. The summed E-state index contributed by atoms with van der Waals surface area (Å²) in [4.78, 5) is 25.4. The monoisotopic (exact) mass is 401 g/mol. The van der Waals surface area contributed by atoms with Gasteiger partial charge >= 0.3 is 5.97 Å². The maximum absolute atomic E-state index is 13.4. The molecule has 6 heteroatoms. The molecule has 148 valence electrons. The van der Waals surface area contributed by atoms with Gasteiger partial charge in [-0.05, 0) is 48.7 Å². The van der Waals surface area contributed by atoms with Crippen LogP contribution in [0.1, 0.15) is 48.0 Å². The second-order valence-electron chi connectivity index (χ2n) is 7.01. The molecule has 2 aromatic carbocycles. The van der Waals surface area contributed by atoms with Gasteiger partial charge < -0.3 is 14.8 Å². The number of halogens is 1. The van der Waals surface area contributed by atoms with Crippen LogP contribution < -0.4 is 10.1 Å². The van der Waals surface area contributed by atoms with Crippen molar-refractivity contribution in [1.82, 2.24) is 0 Å². The SMILES string of the molecule is COC(=O)c1cc(NC(=O)C2(c3ccc(Cl)cc3)CCCCC2)ccc1OC. The van der Waals surface area contributed by atoms with Crippen molar-refractivity contribution in [2.75, 3.05) is 19.5 Å². The Bertz CT molecular complexity index is 857. The van der Waals surface area contributed by atoms with E-state index in [1.807, 2.05) is 24.3 Å². The minimum absolute atomic E-state index is 0.0736. The molecule has 0 aliphatic heterocycles. The number of benzene rings is 2. The fraction of sp³-hybridized carbons (Fsp3) is 0.364. The van der Waals surface area contributed by atoms with Crippen LogP contribution in [0, 0.1) is 0 Å². The average Bonchev–Trinajstić information content (AvgIpc) is 2.74. The van der Waals surface area contributed by atoms with E-state index in [9.17, 15) is 9.59 Å². The molecule has 3 rings (SSSR count). The van der Waals surface area contributed by atoms with E-state index in [2.05, 4.69) is 5.32 Å². The van der Waals surface area contributed by atoms with Crippen molar-refractivity contribution < 1.29 is 19.1 Å². The van der Waals surface area contributed by atoms with Gasteiger partial charge in [-0.3, -0.25) is 4.79 Å². The summed E-state index contributed by atoms with van der Waals surface area (Å²) in [5, 5.41) is 3.65. The molecule has 1 fully saturated rings. The summed E-state index contributed by atoms with van der Waals surface area (Å²) in [6, 6.07) is 12.5. The van der Waals surface area contributed by atoms with E-state index < -0.39 is 11.4 Å². The zero-order chi connectivity index (χ0) is 20.1. The van der Waals surface area contributed by atoms with Gasteiger partial charge in [0.15, 0.2) is 0 Å². The van der Waals surface area contributed by atoms with Crippen molar-refractivity contribution >= 4 is 29.2 Å². The molecular formula is C22H24ClNO4. The van der Waals surface area contributed by atoms with Gasteiger partial charge in [-0.1, -0.05) is 43.0 Å². The molecule has 0 aromatic heterocycles. The number of carbonyl (C=O) groups excluding carboxylic acids is 2. The van der Waals surface area contributed by atoms with Crippen LogP contribution in [0.25, 0.3) is 0 Å². The van der Waals surface area contributed by atoms with Crippen molar-refractivity contribution in [3.63, 3.8) is 0 Å². The summed E-state index contributed by atoms with van der Waals surface area (Å²) < 4.78 is 10.0. The Morgan fingerprint density at radius 2 is 1.68 bits per heavy atom. The quantitative estimate of drug-likeness (QED) is 0.718. The first-order valence-corrected chi connectivity index (χ1v) is 9.72. The molecule has 1 aliphatic carbocycles. The zero-order valence-corrected chi connectivity index (χ0v) is 16.8. The van der Waals surface area contributed by atoms with Crippen LogP contribution in [0.4, 0.5) is 5.69 Å². The number of esters is 1. The third-order valence-corrected chi connectivity index (χ3v) is 5.65. The highest BCUT2D eigenvalue weighted by atomic mass is 35.5. The molecule has 1 amide bonds. The minimum atomic E-state index is -0.603. The number of ether oxygens (including phenoxy) is 2. The van der Waals surface area contributed by atoms with Crippen LogP contribution >= 0.6 is 11.6 Å². The van der Waals surface area contributed by atoms with Crippen molar-refractivity contribution in [1.29, 1.82) is 0 Å². The standard InChI is InChI=1S/C22H24ClNO4/c1-27-19-11-10-17(14-18(19)20(25)28-2)24-21(26)22(12-4-3-5-13-22)15-6-8-16(23)9-7-15/h6-11,14H,3-5,12-13H2,1-2H3,(H,24,26). The Hall–Kier alpha value is -2.53. The van der Waals surface area contributed by atoms with Gasteiger partial charge in [0.05, 0.1) is 19.6 Å². The lowest BCUT2D eigenvalue weighted by molar-refractivity contribution is -0.122. The van der Waals surface area contributed by atoms with Crippen molar-refractivity contribution in [3.05, 3.63) is 58.6 Å². The molecule has 0 unspecified atom stereocenters. The number of hydrogen-bond donors (Lipinski definition) is 1. The lowest BCUT2D eigenvalue weighted by atomic mass is 9.68. The molecule has 1 N–H and O–H groups in total. The minimum Gasteiger partial charge on any atom is -0.496 e. The Morgan fingerprint density at radius 1 is 1.00 bits per heavy atom. The highest BCUT2D eigenvalue weighted by Crippen LogP contribution is 2.41. The molecule has 5 nitrogen and oxygen atoms in total. The van der Waals surface area contributed by atoms with E-state index in [0.29, 0.717) is 16.5 Å². The topological polar surface area (TPSA) is 64.6 Å². The van der Waals surface area contributed by atoms with Crippen LogP contribution in [0.15, 0.2) is 42.5 Å². The maximum atomic E-state index is 13.4. The number of methoxy groups -OCH3 is 2. The lowest BCUT2D eigenvalue weighted by Crippen LogP contribution is -2.42. The molecule has 0 heterocycles. The van der Waals surface area contributed by atoms with Crippen molar-refractivity contribution in [3.8, 4) is 5.75 Å². The molecule has 28 heavy (non-hydrogen) atoms. The predicted molar refractivity (Wildman–Crippen MR) is 109 cm³/mol. The van der Waals surface area contributed by atoms with Crippen LogP contribution in [-0.2, 0) is 14.9 Å². The summed E-state index contributed by atoms with van der Waals surface area (Å²) in [6.07, 6.45) is 4.66. The number of amides is 1. The number of nitrogens with one attached hydrogen (secondary N) is 1. The van der Waals surface area contributed by atoms with Crippen LogP contribution in [0.2, 0.25) is 5.02 Å². The highest BCUT2D eigenvalue weighted by molar-refractivity contribution is 6.30. The normalized spacial score (nSPS) is 15.5. The summed E-state index contributed by atoms with van der Waals surface area (Å²) >= 11 is 6.04. The lowest BCUT2D eigenvalue weighted by Gasteiger charge is -2.36. The second-order valence-corrected chi connectivity index (χ2v) is 7.45. The molecule has 2 aromatic rings. The molecule has 1 saturated carbocycles. The molecule has 0 radical (unpaired) electrons. The van der Waals surface area contributed by atoms with Gasteiger partial charge in [-0.25, -0.2) is 4.79 Å². The van der Waals surface area contributed by atoms with Gasteiger partial charge in [0.2, 0.25) is 5.91 Å². The van der Waals surface area contributed by atoms with E-state index in [4.69, 9.17) is 21.1 Å². The second kappa shape index (κ2) is 8.65. The van der Waals surface area contributed by atoms with Crippen LogP contribution in [0.5, 0.6) is 5.75 Å². The Balaban J connectivity index is 1.92. The zero-order valence-electron chi connectivity index (χ0n) is 16.1. The number of rotatable bonds is 5. The van der Waals surface area contributed by atoms with E-state index in [1.165, 1.54) is 14.2 Å². The molecule has 0 atom stereocenters. The first-order valence-electron chi connectivity index (χ1n) is 9.34.